The Labute approximate surface area is 254 Å². The van der Waals surface area contributed by atoms with Crippen molar-refractivity contribution < 1.29 is 38.3 Å². The molecule has 1 heterocycles. The number of ether oxygens (including phenoxy) is 1. The lowest BCUT2D eigenvalue weighted by atomic mass is 9.67. The number of carbonyl (C=O) groups excluding carboxylic acids is 7. The van der Waals surface area contributed by atoms with Crippen LogP contribution in [-0.4, -0.2) is 72.2 Å². The van der Waals surface area contributed by atoms with E-state index in [0.29, 0.717) is 69.3 Å². The largest absolute Gasteiger partial charge is 0.445 e. The van der Waals surface area contributed by atoms with Crippen LogP contribution in [0.25, 0.3) is 0 Å². The fourth-order valence-corrected chi connectivity index (χ4v) is 4.83. The third-order valence-electron chi connectivity index (χ3n) is 7.51. The van der Waals surface area contributed by atoms with E-state index in [1.54, 1.807) is 24.3 Å². The Morgan fingerprint density at radius 3 is 2.11 bits per heavy atom. The van der Waals surface area contributed by atoms with Crippen molar-refractivity contribution in [2.75, 3.05) is 25.0 Å². The van der Waals surface area contributed by atoms with Crippen LogP contribution in [0.5, 0.6) is 0 Å². The van der Waals surface area contributed by atoms with Crippen molar-refractivity contribution in [3.05, 3.63) is 42.0 Å². The van der Waals surface area contributed by atoms with Crippen LogP contribution in [0.15, 0.2) is 36.4 Å². The van der Waals surface area contributed by atoms with Gasteiger partial charge in [-0.05, 0) is 62.6 Å². The molecule has 1 atom stereocenters. The van der Waals surface area contributed by atoms with Gasteiger partial charge in [0, 0.05) is 37.5 Å². The van der Waals surface area contributed by atoms with Crippen molar-refractivity contribution in [3.63, 3.8) is 0 Å². The van der Waals surface area contributed by atoms with Gasteiger partial charge in [-0.3, -0.25) is 28.9 Å². The molecule has 0 unspecified atom stereocenters. The van der Waals surface area contributed by atoms with E-state index in [9.17, 15) is 33.6 Å². The average Bonchev–Trinajstić information content (AvgIpc) is 3.27. The fraction of sp³-hybridized carbons (Fsp3) is 0.483. The summed E-state index contributed by atoms with van der Waals surface area (Å²) in [6.07, 6.45) is 5.26. The van der Waals surface area contributed by atoms with Gasteiger partial charge >= 0.3 is 12.1 Å². The third kappa shape index (κ3) is 9.54. The van der Waals surface area contributed by atoms with Crippen LogP contribution < -0.4 is 32.7 Å². The first-order chi connectivity index (χ1) is 21.0. The summed E-state index contributed by atoms with van der Waals surface area (Å²) in [5, 5.41) is 10.7. The molecule has 1 aromatic carbocycles. The van der Waals surface area contributed by atoms with Crippen LogP contribution in [0.3, 0.4) is 0 Å². The van der Waals surface area contributed by atoms with Crippen molar-refractivity contribution in [2.45, 2.75) is 64.0 Å². The zero-order valence-electron chi connectivity index (χ0n) is 24.4. The first-order valence-electron chi connectivity index (χ1n) is 14.5. The number of benzene rings is 1. The van der Waals surface area contributed by atoms with Crippen LogP contribution in [0.2, 0.25) is 0 Å². The van der Waals surface area contributed by atoms with Crippen LogP contribution in [0.4, 0.5) is 15.3 Å². The number of amides is 8. The summed E-state index contributed by atoms with van der Waals surface area (Å²) >= 11 is 0. The highest BCUT2D eigenvalue weighted by molar-refractivity contribution is 6.12. The van der Waals surface area contributed by atoms with Gasteiger partial charge < -0.3 is 37.5 Å². The molecule has 1 aliphatic heterocycles. The maximum Gasteiger partial charge on any atom is 0.404 e. The molecule has 44 heavy (non-hydrogen) atoms. The molecule has 8 N–H and O–H groups in total. The average molecular weight is 614 g/mol. The second kappa shape index (κ2) is 16.0. The lowest BCUT2D eigenvalue weighted by molar-refractivity contribution is -0.151. The zero-order chi connectivity index (χ0) is 32.1. The predicted octanol–water partition coefficient (Wildman–Crippen LogP) is 0.536. The van der Waals surface area contributed by atoms with Crippen molar-refractivity contribution in [1.29, 1.82) is 0 Å². The highest BCUT2D eigenvalue weighted by atomic mass is 16.5. The van der Waals surface area contributed by atoms with Gasteiger partial charge in [0.25, 0.3) is 11.8 Å². The number of imide groups is 1. The Bertz CT molecular complexity index is 1260. The lowest BCUT2D eigenvalue weighted by Crippen LogP contribution is -2.58. The number of urea groups is 1. The zero-order valence-corrected chi connectivity index (χ0v) is 24.4. The van der Waals surface area contributed by atoms with Gasteiger partial charge in [-0.15, -0.1) is 0 Å². The highest BCUT2D eigenvalue weighted by Crippen LogP contribution is 2.41. The Hall–Kier alpha value is -4.95. The van der Waals surface area contributed by atoms with E-state index < -0.39 is 41.3 Å². The molecular weight excluding hydrogens is 574 g/mol. The lowest BCUT2D eigenvalue weighted by Gasteiger charge is -2.39. The van der Waals surface area contributed by atoms with E-state index in [0.717, 1.165) is 0 Å². The second-order valence-corrected chi connectivity index (χ2v) is 10.7. The van der Waals surface area contributed by atoms with E-state index in [-0.39, 0.29) is 31.4 Å². The quantitative estimate of drug-likeness (QED) is 0.0822. The Morgan fingerprint density at radius 1 is 0.864 bits per heavy atom. The van der Waals surface area contributed by atoms with Gasteiger partial charge in [0.2, 0.25) is 17.7 Å². The number of nitrogens with zero attached hydrogens (tertiary/aromatic N) is 1. The summed E-state index contributed by atoms with van der Waals surface area (Å²) in [5.74, 6) is -2.15. The van der Waals surface area contributed by atoms with Crippen LogP contribution in [0, 0.1) is 5.41 Å². The second-order valence-electron chi connectivity index (χ2n) is 10.7. The van der Waals surface area contributed by atoms with Gasteiger partial charge in [-0.25, -0.2) is 9.59 Å². The summed E-state index contributed by atoms with van der Waals surface area (Å²) in [6.45, 7) is 0.776. The van der Waals surface area contributed by atoms with Crippen LogP contribution in [-0.2, 0) is 35.3 Å². The fourth-order valence-electron chi connectivity index (χ4n) is 4.83. The Kier molecular flexibility index (Phi) is 12.2. The standard InChI is InChI=1S/C29H39N7O8/c30-27(42)33-16-4-6-21(24(39)34-20-9-7-19(8-10-20)18-44-28(31)43)35-26(41)29(13-5-14-29)25(40)32-15-2-1-3-17-36-22(37)11-12-23(36)38/h7-12,21H,1-6,13-18H2,(H2,31,43)(H,32,40)(H,34,39)(H,35,41)(H3,30,33,42)/t21-/m0/s1. The Morgan fingerprint density at radius 2 is 1.52 bits per heavy atom. The number of carbonyl (C=O) groups is 7. The monoisotopic (exact) mass is 613 g/mol. The molecule has 238 valence electrons. The Balaban J connectivity index is 1.53. The normalized spacial score (nSPS) is 15.6. The maximum atomic E-state index is 13.4. The number of rotatable bonds is 17. The third-order valence-corrected chi connectivity index (χ3v) is 7.51. The smallest absolute Gasteiger partial charge is 0.404 e. The van der Waals surface area contributed by atoms with Crippen molar-refractivity contribution >= 4 is 47.3 Å². The molecule has 3 rings (SSSR count). The number of nitrogens with two attached hydrogens (primary N) is 2. The summed E-state index contributed by atoms with van der Waals surface area (Å²) in [5.41, 5.74) is 9.87. The number of nitrogens with one attached hydrogen (secondary N) is 4. The molecule has 1 saturated carbocycles. The topological polar surface area (TPSA) is 232 Å². The number of hydrogen-bond donors (Lipinski definition) is 6. The van der Waals surface area contributed by atoms with Gasteiger partial charge in [0.1, 0.15) is 18.1 Å². The van der Waals surface area contributed by atoms with Crippen molar-refractivity contribution in [2.24, 2.45) is 16.9 Å². The highest BCUT2D eigenvalue weighted by Gasteiger charge is 2.51. The van der Waals surface area contributed by atoms with Gasteiger partial charge in [0.05, 0.1) is 0 Å². The van der Waals surface area contributed by atoms with E-state index in [2.05, 4.69) is 21.3 Å². The molecule has 2 aliphatic rings. The van der Waals surface area contributed by atoms with Crippen molar-refractivity contribution in [1.82, 2.24) is 20.9 Å². The van der Waals surface area contributed by atoms with E-state index >= 15 is 0 Å². The predicted molar refractivity (Wildman–Crippen MR) is 157 cm³/mol. The van der Waals surface area contributed by atoms with Gasteiger partial charge in [-0.1, -0.05) is 18.6 Å². The minimum absolute atomic E-state index is 0.0302. The summed E-state index contributed by atoms with van der Waals surface area (Å²) in [7, 11) is 0. The molecule has 0 saturated heterocycles. The summed E-state index contributed by atoms with van der Waals surface area (Å²) < 4.78 is 4.74. The number of hydrogen-bond acceptors (Lipinski definition) is 8. The minimum atomic E-state index is -1.30. The van der Waals surface area contributed by atoms with E-state index in [1.165, 1.54) is 17.1 Å². The maximum absolute atomic E-state index is 13.4. The van der Waals surface area contributed by atoms with E-state index in [1.807, 2.05) is 0 Å². The molecule has 8 amide bonds. The SMILES string of the molecule is NC(=O)NCCC[C@H](NC(=O)C1(C(=O)NCCCCCN2C(=O)C=CC2=O)CCC1)C(=O)Nc1ccc(COC(N)=O)cc1. The van der Waals surface area contributed by atoms with Crippen LogP contribution in [0.1, 0.15) is 56.9 Å². The minimum Gasteiger partial charge on any atom is -0.445 e. The molecule has 1 fully saturated rings. The van der Waals surface area contributed by atoms with E-state index in [4.69, 9.17) is 16.2 Å². The first kappa shape index (κ1) is 33.6. The number of primary amides is 2. The summed E-state index contributed by atoms with van der Waals surface area (Å²) in [6, 6.07) is 4.76. The number of anilines is 1. The molecule has 15 heteroatoms. The van der Waals surface area contributed by atoms with Crippen LogP contribution >= 0.6 is 0 Å². The molecule has 1 aromatic rings. The van der Waals surface area contributed by atoms with Gasteiger partial charge in [0.15, 0.2) is 0 Å². The van der Waals surface area contributed by atoms with Gasteiger partial charge in [-0.2, -0.15) is 0 Å². The molecule has 1 aliphatic carbocycles. The molecule has 0 radical (unpaired) electrons. The molecule has 0 aromatic heterocycles. The number of unbranched alkanes of at least 4 members (excludes halogenated alkanes) is 2. The summed E-state index contributed by atoms with van der Waals surface area (Å²) in [4.78, 5) is 86.1. The first-order valence-corrected chi connectivity index (χ1v) is 14.5. The molecular formula is C29H39N7O8. The molecule has 15 nitrogen and oxygen atoms in total. The van der Waals surface area contributed by atoms with Crippen molar-refractivity contribution in [3.8, 4) is 0 Å². The molecule has 0 bridgehead atoms. The molecule has 0 spiro atoms.